The lowest BCUT2D eigenvalue weighted by molar-refractivity contribution is -0.531. The first-order chi connectivity index (χ1) is 7.05. The molecule has 1 aromatic rings. The molecule has 0 saturated heterocycles. The van der Waals surface area contributed by atoms with Crippen LogP contribution in [0.4, 0.5) is 0 Å². The molecule has 0 fully saturated rings. The topological polar surface area (TPSA) is 104 Å². The van der Waals surface area contributed by atoms with Crippen molar-refractivity contribution in [2.45, 2.75) is 4.87 Å². The Morgan fingerprint density at radius 2 is 2.00 bits per heavy atom. The van der Waals surface area contributed by atoms with Gasteiger partial charge in [-0.3, -0.25) is 14.7 Å². The van der Waals surface area contributed by atoms with Gasteiger partial charge >= 0.3 is 4.87 Å². The first kappa shape index (κ1) is 11.3. The minimum Gasteiger partial charge on any atom is -0.299 e. The van der Waals surface area contributed by atoms with E-state index in [-0.39, 0.29) is 5.56 Å². The van der Waals surface area contributed by atoms with Crippen LogP contribution in [0.3, 0.4) is 0 Å². The Hall–Kier alpha value is -1.78. The van der Waals surface area contributed by atoms with Gasteiger partial charge in [-0.25, -0.2) is 4.21 Å². The third-order valence-corrected chi connectivity index (χ3v) is 2.81. The van der Waals surface area contributed by atoms with Crippen molar-refractivity contribution in [2.24, 2.45) is 0 Å². The highest BCUT2D eigenvalue weighted by atomic mass is 32.2. The van der Waals surface area contributed by atoms with Crippen LogP contribution in [0.2, 0.25) is 0 Å². The van der Waals surface area contributed by atoms with Gasteiger partial charge < -0.3 is 0 Å². The van der Waals surface area contributed by atoms with E-state index < -0.39 is 20.9 Å². The second-order valence-corrected chi connectivity index (χ2v) is 3.72. The Labute approximate surface area is 87.6 Å². The van der Waals surface area contributed by atoms with Crippen molar-refractivity contribution >= 4 is 11.1 Å². The number of hydrogen-bond acceptors (Lipinski definition) is 4. The molecule has 1 aromatic carbocycles. The van der Waals surface area contributed by atoms with Gasteiger partial charge in [-0.15, -0.1) is 0 Å². The van der Waals surface area contributed by atoms with E-state index in [9.17, 15) is 14.3 Å². The smallest absolute Gasteiger partial charge is 0.299 e. The number of nitriles is 1. The molecule has 0 amide bonds. The molecule has 0 aliphatic carbocycles. The highest BCUT2D eigenvalue weighted by molar-refractivity contribution is 7.80. The molecule has 0 bridgehead atoms. The Morgan fingerprint density at radius 3 is 2.33 bits per heavy atom. The molecular formula is C8H6N2O4S. The fourth-order valence-corrected chi connectivity index (χ4v) is 1.62. The molecule has 1 rings (SSSR count). The SMILES string of the molecule is N#CC(c1ccccc1)([N+](=O)[O-])S(=O)O. The molecule has 6 nitrogen and oxygen atoms in total. The summed E-state index contributed by atoms with van der Waals surface area (Å²) >= 11 is -2.90. The van der Waals surface area contributed by atoms with Crippen molar-refractivity contribution < 1.29 is 13.7 Å². The number of hydrogen-bond donors (Lipinski definition) is 1. The van der Waals surface area contributed by atoms with Crippen LogP contribution in [-0.4, -0.2) is 13.7 Å². The molecule has 78 valence electrons. The van der Waals surface area contributed by atoms with E-state index in [2.05, 4.69) is 0 Å². The molecule has 2 unspecified atom stereocenters. The fourth-order valence-electron chi connectivity index (χ4n) is 1.08. The summed E-state index contributed by atoms with van der Waals surface area (Å²) < 4.78 is 19.8. The van der Waals surface area contributed by atoms with Crippen molar-refractivity contribution in [3.05, 3.63) is 46.0 Å². The average Bonchev–Trinajstić information content (AvgIpc) is 2.20. The quantitative estimate of drug-likeness (QED) is 0.467. The first-order valence-electron chi connectivity index (χ1n) is 3.78. The lowest BCUT2D eigenvalue weighted by atomic mass is 10.1. The van der Waals surface area contributed by atoms with Gasteiger partial charge in [0.25, 0.3) is 11.1 Å². The summed E-state index contributed by atoms with van der Waals surface area (Å²) in [6.07, 6.45) is 0. The lowest BCUT2D eigenvalue weighted by Crippen LogP contribution is -2.38. The van der Waals surface area contributed by atoms with E-state index in [0.29, 0.717) is 0 Å². The Bertz CT molecular complexity index is 426. The maximum absolute atomic E-state index is 10.9. The van der Waals surface area contributed by atoms with Gasteiger partial charge in [0.05, 0.1) is 10.5 Å². The van der Waals surface area contributed by atoms with Gasteiger partial charge in [-0.1, -0.05) is 18.2 Å². The Balaban J connectivity index is 3.44. The number of nitrogens with zero attached hydrogens (tertiary/aromatic N) is 2. The highest BCUT2D eigenvalue weighted by Crippen LogP contribution is 2.26. The van der Waals surface area contributed by atoms with Crippen molar-refractivity contribution in [3.8, 4) is 6.07 Å². The minimum atomic E-state index is -2.90. The van der Waals surface area contributed by atoms with Crippen LogP contribution in [0.15, 0.2) is 30.3 Å². The molecule has 1 N–H and O–H groups in total. The Kier molecular flexibility index (Phi) is 3.14. The standard InChI is InChI=1S/C8H6N2O4S/c9-6-8(10(11)12,15(13)14)7-4-2-1-3-5-7/h1-5H,(H,13,14). The highest BCUT2D eigenvalue weighted by Gasteiger charge is 2.52. The summed E-state index contributed by atoms with van der Waals surface area (Å²) in [7, 11) is 0. The average molecular weight is 226 g/mol. The van der Waals surface area contributed by atoms with Gasteiger partial charge in [0.15, 0.2) is 6.07 Å². The molecule has 0 spiro atoms. The second kappa shape index (κ2) is 4.16. The van der Waals surface area contributed by atoms with E-state index in [1.807, 2.05) is 0 Å². The predicted molar refractivity (Wildman–Crippen MR) is 51.5 cm³/mol. The summed E-state index contributed by atoms with van der Waals surface area (Å²) in [4.78, 5) is 7.06. The van der Waals surface area contributed by atoms with E-state index in [4.69, 9.17) is 9.81 Å². The minimum absolute atomic E-state index is 0.113. The van der Waals surface area contributed by atoms with E-state index in [1.54, 1.807) is 6.07 Å². The van der Waals surface area contributed by atoms with Crippen molar-refractivity contribution in [1.82, 2.24) is 0 Å². The van der Waals surface area contributed by atoms with Gasteiger partial charge in [-0.2, -0.15) is 5.26 Å². The molecule has 0 heterocycles. The summed E-state index contributed by atoms with van der Waals surface area (Å²) in [6.45, 7) is 0. The van der Waals surface area contributed by atoms with Crippen molar-refractivity contribution in [1.29, 1.82) is 5.26 Å². The van der Waals surface area contributed by atoms with Crippen LogP contribution in [0, 0.1) is 21.4 Å². The van der Waals surface area contributed by atoms with Crippen LogP contribution in [0.5, 0.6) is 0 Å². The zero-order valence-corrected chi connectivity index (χ0v) is 8.18. The van der Waals surface area contributed by atoms with Crippen LogP contribution in [0.25, 0.3) is 0 Å². The van der Waals surface area contributed by atoms with Crippen molar-refractivity contribution in [2.75, 3.05) is 0 Å². The van der Waals surface area contributed by atoms with E-state index in [0.717, 1.165) is 0 Å². The molecule has 0 radical (unpaired) electrons. The van der Waals surface area contributed by atoms with Crippen LogP contribution < -0.4 is 0 Å². The summed E-state index contributed by atoms with van der Waals surface area (Å²) in [6, 6.07) is 8.31. The molecule has 0 aliphatic heterocycles. The monoisotopic (exact) mass is 226 g/mol. The molecule has 2 atom stereocenters. The summed E-state index contributed by atoms with van der Waals surface area (Å²) in [5.41, 5.74) is -0.113. The second-order valence-electron chi connectivity index (χ2n) is 2.63. The van der Waals surface area contributed by atoms with E-state index >= 15 is 0 Å². The number of benzene rings is 1. The van der Waals surface area contributed by atoms with Gasteiger partial charge in [0, 0.05) is 0 Å². The van der Waals surface area contributed by atoms with E-state index in [1.165, 1.54) is 30.3 Å². The normalized spacial score (nSPS) is 16.0. The Morgan fingerprint density at radius 1 is 1.47 bits per heavy atom. The number of rotatable bonds is 3. The predicted octanol–water partition coefficient (Wildman–Crippen LogP) is 0.861. The zero-order chi connectivity index (χ0) is 11.5. The third-order valence-electron chi connectivity index (χ3n) is 1.83. The van der Waals surface area contributed by atoms with Gasteiger partial charge in [0.1, 0.15) is 0 Å². The maximum Gasteiger partial charge on any atom is 0.427 e. The van der Waals surface area contributed by atoms with Gasteiger partial charge in [0.2, 0.25) is 0 Å². The van der Waals surface area contributed by atoms with Crippen LogP contribution >= 0.6 is 0 Å². The molecule has 0 saturated carbocycles. The fraction of sp³-hybridized carbons (Fsp3) is 0.125. The number of nitro groups is 1. The zero-order valence-electron chi connectivity index (χ0n) is 7.36. The largest absolute Gasteiger partial charge is 0.427 e. The lowest BCUT2D eigenvalue weighted by Gasteiger charge is -2.13. The van der Waals surface area contributed by atoms with Crippen molar-refractivity contribution in [3.63, 3.8) is 0 Å². The first-order valence-corrected chi connectivity index (χ1v) is 4.88. The summed E-state index contributed by atoms with van der Waals surface area (Å²) in [5, 5.41) is 19.5. The third kappa shape index (κ3) is 1.72. The van der Waals surface area contributed by atoms with Gasteiger partial charge in [-0.05, 0) is 12.1 Å². The summed E-state index contributed by atoms with van der Waals surface area (Å²) in [5.74, 6) is 0. The molecule has 0 aliphatic rings. The molecule has 7 heteroatoms. The molecule has 15 heavy (non-hydrogen) atoms. The molecular weight excluding hydrogens is 220 g/mol. The maximum atomic E-state index is 10.9. The molecule has 0 aromatic heterocycles. The van der Waals surface area contributed by atoms with Crippen LogP contribution in [0.1, 0.15) is 5.56 Å². The van der Waals surface area contributed by atoms with Crippen LogP contribution in [-0.2, 0) is 16.0 Å².